The maximum Gasteiger partial charge on any atom is 0.322 e. The van der Waals surface area contributed by atoms with Gasteiger partial charge < -0.3 is 25.8 Å². The van der Waals surface area contributed by atoms with Crippen LogP contribution in [0.2, 0.25) is 0 Å². The Bertz CT molecular complexity index is 1030. The molecule has 8 heteroatoms. The van der Waals surface area contributed by atoms with Gasteiger partial charge in [-0.25, -0.2) is 9.59 Å². The highest BCUT2D eigenvalue weighted by Crippen LogP contribution is 2.19. The van der Waals surface area contributed by atoms with E-state index in [0.29, 0.717) is 31.2 Å². The summed E-state index contributed by atoms with van der Waals surface area (Å²) in [5.41, 5.74) is 2.61. The number of urea groups is 2. The van der Waals surface area contributed by atoms with Crippen molar-refractivity contribution in [3.05, 3.63) is 60.2 Å². The first kappa shape index (κ1) is 27.0. The van der Waals surface area contributed by atoms with E-state index in [0.717, 1.165) is 12.1 Å². The average Bonchev–Trinajstić information content (AvgIpc) is 2.87. The van der Waals surface area contributed by atoms with Crippen molar-refractivity contribution in [2.45, 2.75) is 59.0 Å². The van der Waals surface area contributed by atoms with Gasteiger partial charge in [0.25, 0.3) is 0 Å². The summed E-state index contributed by atoms with van der Waals surface area (Å²) in [6, 6.07) is 15.7. The van der Waals surface area contributed by atoms with E-state index >= 15 is 0 Å². The lowest BCUT2D eigenvalue weighted by Crippen LogP contribution is -2.60. The first-order chi connectivity index (χ1) is 17.2. The number of carbonyl (C=O) groups is 3. The van der Waals surface area contributed by atoms with Gasteiger partial charge in [0.2, 0.25) is 5.91 Å². The monoisotopic (exact) mass is 493 g/mol. The zero-order valence-corrected chi connectivity index (χ0v) is 22.0. The maximum absolute atomic E-state index is 13.5. The van der Waals surface area contributed by atoms with Crippen LogP contribution in [0.5, 0.6) is 0 Å². The molecule has 194 valence electrons. The molecule has 2 aromatic rings. The highest BCUT2D eigenvalue weighted by Gasteiger charge is 2.35. The van der Waals surface area contributed by atoms with Crippen LogP contribution in [0, 0.1) is 5.92 Å². The molecule has 3 rings (SSSR count). The predicted molar refractivity (Wildman–Crippen MR) is 144 cm³/mol. The highest BCUT2D eigenvalue weighted by atomic mass is 16.2. The van der Waals surface area contributed by atoms with Gasteiger partial charge in [0, 0.05) is 37.1 Å². The van der Waals surface area contributed by atoms with Gasteiger partial charge in [-0.2, -0.15) is 0 Å². The van der Waals surface area contributed by atoms with Gasteiger partial charge in [0.1, 0.15) is 6.04 Å². The minimum absolute atomic E-state index is 0.0405. The molecule has 0 aromatic heterocycles. The number of carbonyl (C=O) groups excluding carboxylic acids is 3. The molecule has 0 bridgehead atoms. The van der Waals surface area contributed by atoms with Crippen LogP contribution in [-0.2, 0) is 4.79 Å². The maximum atomic E-state index is 13.5. The third-order valence-electron chi connectivity index (χ3n) is 6.83. The standard InChI is InChI=1S/C28H39N5O3/c1-6-20(4)25(31-27(35)29-24-14-12-22(13-15-24)19(2)3)26(34)32-16-17-33(21(5)18-32)28(36)30-23-10-8-7-9-11-23/h7-15,19-21,25H,6,16-18H2,1-5H3,(H,30,36)(H2,29,31,35). The van der Waals surface area contributed by atoms with E-state index in [4.69, 9.17) is 0 Å². The minimum atomic E-state index is -0.651. The number of piperazine rings is 1. The number of hydrogen-bond acceptors (Lipinski definition) is 3. The largest absolute Gasteiger partial charge is 0.337 e. The molecule has 0 spiro atoms. The fraction of sp³-hybridized carbons (Fsp3) is 0.464. The van der Waals surface area contributed by atoms with E-state index < -0.39 is 12.1 Å². The van der Waals surface area contributed by atoms with Crippen LogP contribution in [0.4, 0.5) is 21.0 Å². The molecule has 0 saturated carbocycles. The molecule has 2 aromatic carbocycles. The molecule has 0 aliphatic carbocycles. The summed E-state index contributed by atoms with van der Waals surface area (Å²) in [7, 11) is 0. The lowest BCUT2D eigenvalue weighted by molar-refractivity contribution is -0.136. The molecular weight excluding hydrogens is 454 g/mol. The van der Waals surface area contributed by atoms with E-state index in [1.807, 2.05) is 75.4 Å². The molecule has 1 aliphatic heterocycles. The number of nitrogens with one attached hydrogen (secondary N) is 3. The number of para-hydroxylation sites is 1. The van der Waals surface area contributed by atoms with Crippen LogP contribution in [0.25, 0.3) is 0 Å². The van der Waals surface area contributed by atoms with Gasteiger partial charge in [-0.3, -0.25) is 4.79 Å². The summed E-state index contributed by atoms with van der Waals surface area (Å²) >= 11 is 0. The van der Waals surface area contributed by atoms with E-state index in [2.05, 4.69) is 29.8 Å². The van der Waals surface area contributed by atoms with Crippen molar-refractivity contribution < 1.29 is 14.4 Å². The third-order valence-corrected chi connectivity index (χ3v) is 6.83. The average molecular weight is 494 g/mol. The second kappa shape index (κ2) is 12.4. The third kappa shape index (κ3) is 6.99. The number of amides is 5. The molecule has 3 N–H and O–H groups in total. The first-order valence-corrected chi connectivity index (χ1v) is 12.8. The Morgan fingerprint density at radius 3 is 2.14 bits per heavy atom. The van der Waals surface area contributed by atoms with Crippen LogP contribution in [0.15, 0.2) is 54.6 Å². The van der Waals surface area contributed by atoms with Crippen LogP contribution in [0.1, 0.15) is 52.5 Å². The lowest BCUT2D eigenvalue weighted by atomic mass is 9.97. The number of anilines is 2. The molecule has 3 atom stereocenters. The van der Waals surface area contributed by atoms with E-state index in [-0.39, 0.29) is 23.9 Å². The predicted octanol–water partition coefficient (Wildman–Crippen LogP) is 5.11. The molecule has 3 unspecified atom stereocenters. The van der Waals surface area contributed by atoms with Crippen molar-refractivity contribution in [1.29, 1.82) is 0 Å². The fourth-order valence-corrected chi connectivity index (χ4v) is 4.32. The van der Waals surface area contributed by atoms with Gasteiger partial charge in [-0.05, 0) is 48.6 Å². The Morgan fingerprint density at radius 1 is 0.917 bits per heavy atom. The van der Waals surface area contributed by atoms with Gasteiger partial charge in [-0.15, -0.1) is 0 Å². The van der Waals surface area contributed by atoms with Gasteiger partial charge in [0.05, 0.1) is 0 Å². The second-order valence-corrected chi connectivity index (χ2v) is 9.86. The second-order valence-electron chi connectivity index (χ2n) is 9.86. The van der Waals surface area contributed by atoms with Gasteiger partial charge >= 0.3 is 12.1 Å². The van der Waals surface area contributed by atoms with Crippen molar-refractivity contribution in [2.75, 3.05) is 30.3 Å². The number of nitrogens with zero attached hydrogens (tertiary/aromatic N) is 2. The lowest BCUT2D eigenvalue weighted by Gasteiger charge is -2.41. The molecule has 1 aliphatic rings. The SMILES string of the molecule is CCC(C)C(NC(=O)Nc1ccc(C(C)C)cc1)C(=O)N1CCN(C(=O)Nc2ccccc2)C(C)C1. The summed E-state index contributed by atoms with van der Waals surface area (Å²) in [4.78, 5) is 42.5. The first-order valence-electron chi connectivity index (χ1n) is 12.8. The van der Waals surface area contributed by atoms with E-state index in [1.54, 1.807) is 9.80 Å². The van der Waals surface area contributed by atoms with Gasteiger partial charge in [-0.1, -0.05) is 64.4 Å². The molecule has 36 heavy (non-hydrogen) atoms. The fourth-order valence-electron chi connectivity index (χ4n) is 4.32. The Hall–Kier alpha value is -3.55. The molecule has 5 amide bonds. The zero-order chi connectivity index (χ0) is 26.2. The normalized spacial score (nSPS) is 17.3. The van der Waals surface area contributed by atoms with E-state index in [9.17, 15) is 14.4 Å². The summed E-state index contributed by atoms with van der Waals surface area (Å²) in [6.45, 7) is 11.4. The van der Waals surface area contributed by atoms with E-state index in [1.165, 1.54) is 5.56 Å². The number of benzene rings is 2. The van der Waals surface area contributed by atoms with Crippen molar-refractivity contribution in [3.8, 4) is 0 Å². The Balaban J connectivity index is 1.60. The smallest absolute Gasteiger partial charge is 0.322 e. The summed E-state index contributed by atoms with van der Waals surface area (Å²) in [5.74, 6) is 0.249. The van der Waals surface area contributed by atoms with Crippen LogP contribution >= 0.6 is 0 Å². The number of rotatable bonds is 7. The summed E-state index contributed by atoms with van der Waals surface area (Å²) in [5, 5.41) is 8.66. The van der Waals surface area contributed by atoms with Crippen molar-refractivity contribution >= 4 is 29.3 Å². The van der Waals surface area contributed by atoms with Crippen LogP contribution in [0.3, 0.4) is 0 Å². The van der Waals surface area contributed by atoms with Crippen molar-refractivity contribution in [3.63, 3.8) is 0 Å². The Kier molecular flexibility index (Phi) is 9.33. The highest BCUT2D eigenvalue weighted by molar-refractivity contribution is 5.94. The van der Waals surface area contributed by atoms with Crippen molar-refractivity contribution in [2.24, 2.45) is 5.92 Å². The quantitative estimate of drug-likeness (QED) is 0.500. The van der Waals surface area contributed by atoms with Crippen molar-refractivity contribution in [1.82, 2.24) is 15.1 Å². The number of hydrogen-bond donors (Lipinski definition) is 3. The molecule has 1 fully saturated rings. The molecule has 1 heterocycles. The molecule has 8 nitrogen and oxygen atoms in total. The van der Waals surface area contributed by atoms with Crippen LogP contribution < -0.4 is 16.0 Å². The summed E-state index contributed by atoms with van der Waals surface area (Å²) in [6.07, 6.45) is 0.745. The summed E-state index contributed by atoms with van der Waals surface area (Å²) < 4.78 is 0. The van der Waals surface area contributed by atoms with Gasteiger partial charge in [0.15, 0.2) is 0 Å². The topological polar surface area (TPSA) is 93.8 Å². The molecular formula is C28H39N5O3. The Morgan fingerprint density at radius 2 is 1.56 bits per heavy atom. The Labute approximate surface area is 214 Å². The van der Waals surface area contributed by atoms with Crippen LogP contribution in [-0.4, -0.2) is 59.5 Å². The zero-order valence-electron chi connectivity index (χ0n) is 22.0. The molecule has 0 radical (unpaired) electrons. The molecule has 1 saturated heterocycles. The minimum Gasteiger partial charge on any atom is -0.337 e.